The van der Waals surface area contributed by atoms with Crippen LogP contribution in [0, 0.1) is 5.92 Å². The van der Waals surface area contributed by atoms with Crippen LogP contribution in [0.2, 0.25) is 0 Å². The Kier molecular flexibility index (Phi) is 10.5. The van der Waals surface area contributed by atoms with E-state index in [0.29, 0.717) is 25.6 Å². The van der Waals surface area contributed by atoms with E-state index in [0.717, 1.165) is 22.4 Å². The average Bonchev–Trinajstić information content (AvgIpc) is 3.27. The molecule has 8 nitrogen and oxygen atoms in total. The van der Waals surface area contributed by atoms with E-state index in [1.54, 1.807) is 0 Å². The molecule has 41 heavy (non-hydrogen) atoms. The predicted octanol–water partition coefficient (Wildman–Crippen LogP) is 4.73. The molecule has 2 saturated heterocycles. The van der Waals surface area contributed by atoms with Crippen LogP contribution >= 0.6 is 0 Å². The van der Waals surface area contributed by atoms with Gasteiger partial charge in [0.2, 0.25) is 0 Å². The minimum Gasteiger partial charge on any atom is -0.372 e. The standard InChI is InChI=1S/C31H36O8S2/c1-23-28(36-18-25-13-7-3-8-14-25)21-40(30(23)20-35-17-24-11-5-2-6-12-24)22-29-27(39-41(32,33)34)19-37-31(38-29)26-15-9-4-10-16-26/h2-16,23,27-31H,17-22H2,1H3/p+1/t23-,27?,28+,29+,30+,31?,40?/m0/s1. The molecule has 3 unspecified atom stereocenters. The van der Waals surface area contributed by atoms with Crippen molar-refractivity contribution >= 4 is 21.3 Å². The first-order chi connectivity index (χ1) is 19.9. The zero-order valence-electron chi connectivity index (χ0n) is 23.0. The molecular formula is C31H37O8S2+. The van der Waals surface area contributed by atoms with Gasteiger partial charge in [-0.2, -0.15) is 8.42 Å². The fraction of sp³-hybridized carbons (Fsp3) is 0.419. The molecule has 0 radical (unpaired) electrons. The van der Waals surface area contributed by atoms with Crippen LogP contribution < -0.4 is 0 Å². The summed E-state index contributed by atoms with van der Waals surface area (Å²) < 4.78 is 62.7. The van der Waals surface area contributed by atoms with Gasteiger partial charge in [-0.05, 0) is 22.0 Å². The van der Waals surface area contributed by atoms with Gasteiger partial charge in [-0.1, -0.05) is 97.9 Å². The van der Waals surface area contributed by atoms with Gasteiger partial charge in [0.05, 0.1) is 26.4 Å². The summed E-state index contributed by atoms with van der Waals surface area (Å²) in [5, 5.41) is 0.174. The van der Waals surface area contributed by atoms with Crippen molar-refractivity contribution in [3.63, 3.8) is 0 Å². The number of ether oxygens (including phenoxy) is 4. The Bertz CT molecular complexity index is 1310. The molecule has 0 aliphatic carbocycles. The molecule has 10 heteroatoms. The summed E-state index contributed by atoms with van der Waals surface area (Å²) in [6, 6.07) is 29.7. The summed E-state index contributed by atoms with van der Waals surface area (Å²) in [5.41, 5.74) is 3.05. The summed E-state index contributed by atoms with van der Waals surface area (Å²) in [6.45, 7) is 3.74. The molecule has 0 spiro atoms. The first-order valence-electron chi connectivity index (χ1n) is 13.8. The van der Waals surface area contributed by atoms with Gasteiger partial charge >= 0.3 is 10.4 Å². The molecule has 2 aliphatic rings. The predicted molar refractivity (Wildman–Crippen MR) is 158 cm³/mol. The quantitative estimate of drug-likeness (QED) is 0.235. The minimum atomic E-state index is -4.70. The Morgan fingerprint density at radius 2 is 1.49 bits per heavy atom. The first-order valence-corrected chi connectivity index (χ1v) is 16.8. The van der Waals surface area contributed by atoms with Crippen molar-refractivity contribution < 1.29 is 36.1 Å². The van der Waals surface area contributed by atoms with E-state index in [1.807, 2.05) is 78.9 Å². The molecule has 220 valence electrons. The molecule has 7 atom stereocenters. The molecule has 0 amide bonds. The van der Waals surface area contributed by atoms with Crippen molar-refractivity contribution in [1.82, 2.24) is 0 Å². The maximum Gasteiger partial charge on any atom is 0.397 e. The lowest BCUT2D eigenvalue weighted by atomic mass is 10.0. The van der Waals surface area contributed by atoms with E-state index in [4.69, 9.17) is 23.1 Å². The van der Waals surface area contributed by atoms with Crippen LogP contribution in [0.4, 0.5) is 0 Å². The second-order valence-electron chi connectivity index (χ2n) is 10.4. The topological polar surface area (TPSA) is 101 Å². The molecule has 0 bridgehead atoms. The third-order valence-electron chi connectivity index (χ3n) is 7.50. The van der Waals surface area contributed by atoms with E-state index in [9.17, 15) is 13.0 Å². The normalized spacial score (nSPS) is 28.5. The van der Waals surface area contributed by atoms with Gasteiger partial charge in [-0.15, -0.1) is 0 Å². The molecule has 2 aliphatic heterocycles. The zero-order chi connectivity index (χ0) is 28.7. The molecule has 3 aromatic rings. The fourth-order valence-electron chi connectivity index (χ4n) is 5.28. The van der Waals surface area contributed by atoms with Crippen molar-refractivity contribution in [2.45, 2.75) is 50.0 Å². The molecule has 3 aromatic carbocycles. The number of hydrogen-bond donors (Lipinski definition) is 1. The molecule has 1 N–H and O–H groups in total. The van der Waals surface area contributed by atoms with Gasteiger partial charge in [-0.3, -0.25) is 4.55 Å². The molecule has 0 aromatic heterocycles. The van der Waals surface area contributed by atoms with Gasteiger partial charge in [-0.25, -0.2) is 4.18 Å². The second kappa shape index (κ2) is 14.3. The van der Waals surface area contributed by atoms with Crippen molar-refractivity contribution in [3.8, 4) is 0 Å². The van der Waals surface area contributed by atoms with E-state index in [1.165, 1.54) is 0 Å². The van der Waals surface area contributed by atoms with Crippen molar-refractivity contribution in [3.05, 3.63) is 108 Å². The van der Waals surface area contributed by atoms with Gasteiger partial charge in [0, 0.05) is 11.5 Å². The third-order valence-corrected chi connectivity index (χ3v) is 10.9. The largest absolute Gasteiger partial charge is 0.397 e. The Hall–Kier alpha value is -2.28. The summed E-state index contributed by atoms with van der Waals surface area (Å²) in [4.78, 5) is 0. The van der Waals surface area contributed by atoms with Crippen LogP contribution in [0.3, 0.4) is 0 Å². The second-order valence-corrected chi connectivity index (χ2v) is 13.8. The molecular weight excluding hydrogens is 564 g/mol. The van der Waals surface area contributed by atoms with Gasteiger partial charge in [0.25, 0.3) is 0 Å². The Morgan fingerprint density at radius 1 is 0.878 bits per heavy atom. The monoisotopic (exact) mass is 601 g/mol. The van der Waals surface area contributed by atoms with Gasteiger partial charge in [0.1, 0.15) is 35.1 Å². The third kappa shape index (κ3) is 8.62. The Balaban J connectivity index is 1.31. The van der Waals surface area contributed by atoms with Crippen LogP contribution in [0.1, 0.15) is 29.9 Å². The lowest BCUT2D eigenvalue weighted by Gasteiger charge is -2.35. The lowest BCUT2D eigenvalue weighted by Crippen LogP contribution is -2.48. The molecule has 0 saturated carbocycles. The number of hydrogen-bond acceptors (Lipinski definition) is 7. The SMILES string of the molecule is C[C@@H]1[C@@H](COCc2ccccc2)[S+](C[C@H]2OC(c3ccccc3)OCC2OS(=O)(=O)O)C[C@H]1OCc1ccccc1. The van der Waals surface area contributed by atoms with Crippen LogP contribution in [0.25, 0.3) is 0 Å². The highest BCUT2D eigenvalue weighted by molar-refractivity contribution is 7.97. The van der Waals surface area contributed by atoms with Crippen molar-refractivity contribution in [1.29, 1.82) is 0 Å². The summed E-state index contributed by atoms with van der Waals surface area (Å²) in [6.07, 6.45) is -2.24. The molecule has 2 fully saturated rings. The first kappa shape index (κ1) is 30.2. The van der Waals surface area contributed by atoms with Gasteiger partial charge in [0.15, 0.2) is 6.29 Å². The highest BCUT2D eigenvalue weighted by Gasteiger charge is 2.52. The molecule has 2 heterocycles. The minimum absolute atomic E-state index is 0.00886. The van der Waals surface area contributed by atoms with E-state index in [2.05, 4.69) is 19.1 Å². The summed E-state index contributed by atoms with van der Waals surface area (Å²) >= 11 is 0. The van der Waals surface area contributed by atoms with Gasteiger partial charge < -0.3 is 18.9 Å². The van der Waals surface area contributed by atoms with Crippen LogP contribution in [0.5, 0.6) is 0 Å². The zero-order valence-corrected chi connectivity index (χ0v) is 24.6. The highest BCUT2D eigenvalue weighted by Crippen LogP contribution is 2.36. The van der Waals surface area contributed by atoms with E-state index in [-0.39, 0.29) is 34.8 Å². The van der Waals surface area contributed by atoms with Crippen LogP contribution in [-0.4, -0.2) is 61.3 Å². The average molecular weight is 602 g/mol. The van der Waals surface area contributed by atoms with Crippen LogP contribution in [0.15, 0.2) is 91.0 Å². The highest BCUT2D eigenvalue weighted by atomic mass is 32.3. The number of rotatable bonds is 12. The number of benzene rings is 3. The van der Waals surface area contributed by atoms with Crippen molar-refractivity contribution in [2.24, 2.45) is 5.92 Å². The van der Waals surface area contributed by atoms with E-state index >= 15 is 0 Å². The fourth-order valence-corrected chi connectivity index (χ4v) is 9.01. The summed E-state index contributed by atoms with van der Waals surface area (Å²) in [5.74, 6) is 1.54. The maximum atomic E-state index is 11.7. The van der Waals surface area contributed by atoms with E-state index < -0.39 is 28.9 Å². The lowest BCUT2D eigenvalue weighted by molar-refractivity contribution is -0.245. The summed E-state index contributed by atoms with van der Waals surface area (Å²) in [7, 11) is -4.94. The van der Waals surface area contributed by atoms with Crippen LogP contribution in [-0.2, 0) is 57.6 Å². The molecule has 5 rings (SSSR count). The maximum absolute atomic E-state index is 11.7. The van der Waals surface area contributed by atoms with Crippen molar-refractivity contribution in [2.75, 3.05) is 24.7 Å². The smallest absolute Gasteiger partial charge is 0.372 e. The Labute approximate surface area is 245 Å². The Morgan fingerprint density at radius 3 is 2.12 bits per heavy atom.